The zero-order valence-corrected chi connectivity index (χ0v) is 13.3. The van der Waals surface area contributed by atoms with Gasteiger partial charge in [-0.3, -0.25) is 4.79 Å². The summed E-state index contributed by atoms with van der Waals surface area (Å²) in [6.07, 6.45) is 1.09. The Kier molecular flexibility index (Phi) is 4.99. The Balaban J connectivity index is 2.04. The number of amides is 1. The molecule has 2 aromatic rings. The topological polar surface area (TPSA) is 54.5 Å². The van der Waals surface area contributed by atoms with Gasteiger partial charge in [-0.2, -0.15) is 0 Å². The van der Waals surface area contributed by atoms with Gasteiger partial charge in [0, 0.05) is 20.3 Å². The quantitative estimate of drug-likeness (QED) is 0.922. The molecule has 5 heteroatoms. The van der Waals surface area contributed by atoms with Gasteiger partial charge in [0.2, 0.25) is 0 Å². The van der Waals surface area contributed by atoms with Gasteiger partial charge in [0.25, 0.3) is 5.91 Å². The number of hydrogen-bond donors (Lipinski definition) is 1. The van der Waals surface area contributed by atoms with E-state index >= 15 is 0 Å². The number of aryl methyl sites for hydroxylation is 1. The molecular formula is C17H21N3O2. The van der Waals surface area contributed by atoms with Crippen molar-refractivity contribution >= 4 is 17.4 Å². The smallest absolute Gasteiger partial charge is 0.265 e. The van der Waals surface area contributed by atoms with E-state index < -0.39 is 6.10 Å². The molecule has 116 valence electrons. The Labute approximate surface area is 130 Å². The van der Waals surface area contributed by atoms with Crippen LogP contribution in [0.5, 0.6) is 5.75 Å². The molecule has 0 unspecified atom stereocenters. The molecule has 1 aromatic carbocycles. The molecule has 0 saturated carbocycles. The summed E-state index contributed by atoms with van der Waals surface area (Å²) in [7, 11) is 3.76. The first kappa shape index (κ1) is 15.8. The molecule has 0 fully saturated rings. The van der Waals surface area contributed by atoms with Gasteiger partial charge < -0.3 is 15.0 Å². The molecule has 22 heavy (non-hydrogen) atoms. The molecule has 0 saturated heterocycles. The van der Waals surface area contributed by atoms with Crippen molar-refractivity contribution in [3.63, 3.8) is 0 Å². The van der Waals surface area contributed by atoms with E-state index in [0.717, 1.165) is 5.56 Å². The van der Waals surface area contributed by atoms with Gasteiger partial charge >= 0.3 is 0 Å². The molecule has 1 amide bonds. The van der Waals surface area contributed by atoms with E-state index in [-0.39, 0.29) is 5.91 Å². The molecule has 0 radical (unpaired) electrons. The monoisotopic (exact) mass is 299 g/mol. The highest BCUT2D eigenvalue weighted by Crippen LogP contribution is 2.21. The summed E-state index contributed by atoms with van der Waals surface area (Å²) in [6.45, 7) is 3.73. The lowest BCUT2D eigenvalue weighted by Crippen LogP contribution is -2.30. The van der Waals surface area contributed by atoms with Crippen molar-refractivity contribution in [1.29, 1.82) is 0 Å². The summed E-state index contributed by atoms with van der Waals surface area (Å²) in [6, 6.07) is 11.2. The molecule has 0 bridgehead atoms. The van der Waals surface area contributed by atoms with Crippen LogP contribution in [0, 0.1) is 6.92 Å². The fourth-order valence-corrected chi connectivity index (χ4v) is 1.96. The van der Waals surface area contributed by atoms with Gasteiger partial charge in [0.15, 0.2) is 11.9 Å². The summed E-state index contributed by atoms with van der Waals surface area (Å²) < 4.78 is 5.66. The predicted molar refractivity (Wildman–Crippen MR) is 88.5 cm³/mol. The van der Waals surface area contributed by atoms with Crippen molar-refractivity contribution in [2.24, 2.45) is 0 Å². The van der Waals surface area contributed by atoms with Crippen LogP contribution in [0.1, 0.15) is 12.5 Å². The van der Waals surface area contributed by atoms with E-state index in [1.807, 2.05) is 56.3 Å². The van der Waals surface area contributed by atoms with Crippen molar-refractivity contribution < 1.29 is 9.53 Å². The Hall–Kier alpha value is -2.56. The van der Waals surface area contributed by atoms with E-state index in [2.05, 4.69) is 10.3 Å². The number of pyridine rings is 1. The van der Waals surface area contributed by atoms with Crippen LogP contribution in [0.4, 0.5) is 11.5 Å². The second-order valence-electron chi connectivity index (χ2n) is 5.33. The van der Waals surface area contributed by atoms with Crippen LogP contribution < -0.4 is 15.0 Å². The van der Waals surface area contributed by atoms with E-state index in [1.54, 1.807) is 19.2 Å². The molecule has 0 aliphatic rings. The van der Waals surface area contributed by atoms with Crippen molar-refractivity contribution in [3.05, 3.63) is 48.2 Å². The highest BCUT2D eigenvalue weighted by Gasteiger charge is 2.17. The van der Waals surface area contributed by atoms with Crippen molar-refractivity contribution in [2.45, 2.75) is 20.0 Å². The number of rotatable bonds is 5. The lowest BCUT2D eigenvalue weighted by atomic mass is 10.2. The van der Waals surface area contributed by atoms with Gasteiger partial charge in [-0.25, -0.2) is 4.98 Å². The maximum Gasteiger partial charge on any atom is 0.265 e. The number of hydrogen-bond acceptors (Lipinski definition) is 4. The van der Waals surface area contributed by atoms with Crippen LogP contribution in [0.3, 0.4) is 0 Å². The number of aromatic nitrogens is 1. The largest absolute Gasteiger partial charge is 0.481 e. The molecular weight excluding hydrogens is 278 g/mol. The average Bonchev–Trinajstić information content (AvgIpc) is 2.49. The van der Waals surface area contributed by atoms with Crippen LogP contribution in [0.2, 0.25) is 0 Å². The maximum atomic E-state index is 12.3. The van der Waals surface area contributed by atoms with E-state index in [9.17, 15) is 4.79 Å². The van der Waals surface area contributed by atoms with Crippen molar-refractivity contribution in [2.75, 3.05) is 24.3 Å². The van der Waals surface area contributed by atoms with Crippen LogP contribution in [0.25, 0.3) is 0 Å². The molecule has 1 aromatic heterocycles. The fourth-order valence-electron chi connectivity index (χ4n) is 1.96. The number of anilines is 2. The normalized spacial score (nSPS) is 11.6. The zero-order chi connectivity index (χ0) is 16.1. The number of benzene rings is 1. The van der Waals surface area contributed by atoms with Crippen LogP contribution >= 0.6 is 0 Å². The molecule has 0 aliphatic heterocycles. The average molecular weight is 299 g/mol. The zero-order valence-electron chi connectivity index (χ0n) is 13.3. The summed E-state index contributed by atoms with van der Waals surface area (Å²) >= 11 is 0. The molecule has 1 N–H and O–H groups in total. The molecule has 2 rings (SSSR count). The first-order valence-electron chi connectivity index (χ1n) is 7.14. The summed E-state index contributed by atoms with van der Waals surface area (Å²) in [5.74, 6) is 1.17. The number of ether oxygens (including phenoxy) is 1. The molecule has 0 spiro atoms. The van der Waals surface area contributed by atoms with Crippen molar-refractivity contribution in [3.8, 4) is 5.75 Å². The minimum atomic E-state index is -0.599. The van der Waals surface area contributed by atoms with Crippen molar-refractivity contribution in [1.82, 2.24) is 4.98 Å². The Morgan fingerprint density at radius 2 is 1.91 bits per heavy atom. The molecule has 1 heterocycles. The number of carbonyl (C=O) groups is 1. The third-order valence-electron chi connectivity index (χ3n) is 3.17. The Morgan fingerprint density at radius 3 is 2.55 bits per heavy atom. The molecule has 0 aliphatic carbocycles. The Bertz CT molecular complexity index is 639. The minimum absolute atomic E-state index is 0.211. The fraction of sp³-hybridized carbons (Fsp3) is 0.294. The van der Waals surface area contributed by atoms with Crippen LogP contribution in [-0.2, 0) is 4.79 Å². The summed E-state index contributed by atoms with van der Waals surface area (Å²) in [5.41, 5.74) is 1.81. The van der Waals surface area contributed by atoms with E-state index in [4.69, 9.17) is 4.74 Å². The Morgan fingerprint density at radius 1 is 1.23 bits per heavy atom. The predicted octanol–water partition coefficient (Wildman–Crippen LogP) is 2.86. The lowest BCUT2D eigenvalue weighted by molar-refractivity contribution is -0.122. The summed E-state index contributed by atoms with van der Waals surface area (Å²) in [4.78, 5) is 18.4. The second-order valence-corrected chi connectivity index (χ2v) is 5.33. The minimum Gasteiger partial charge on any atom is -0.481 e. The van der Waals surface area contributed by atoms with E-state index in [1.165, 1.54) is 0 Å². The van der Waals surface area contributed by atoms with Gasteiger partial charge in [0.1, 0.15) is 5.75 Å². The van der Waals surface area contributed by atoms with Crippen LogP contribution in [0.15, 0.2) is 42.6 Å². The number of carbonyl (C=O) groups excluding carboxylic acids is 1. The maximum absolute atomic E-state index is 12.3. The van der Waals surface area contributed by atoms with E-state index in [0.29, 0.717) is 17.3 Å². The number of nitrogens with one attached hydrogen (secondary N) is 1. The molecule has 5 nitrogen and oxygen atoms in total. The third-order valence-corrected chi connectivity index (χ3v) is 3.17. The van der Waals surface area contributed by atoms with Gasteiger partial charge in [-0.15, -0.1) is 0 Å². The van der Waals surface area contributed by atoms with Gasteiger partial charge in [-0.1, -0.05) is 17.7 Å². The summed E-state index contributed by atoms with van der Waals surface area (Å²) in [5, 5.41) is 2.86. The highest BCUT2D eigenvalue weighted by molar-refractivity contribution is 5.96. The first-order valence-corrected chi connectivity index (χ1v) is 7.14. The highest BCUT2D eigenvalue weighted by atomic mass is 16.5. The first-order chi connectivity index (χ1) is 10.5. The standard InChI is InChI=1S/C17H21N3O2/c1-12-7-9-14(10-8-12)22-13(2)17(21)19-15-6-5-11-18-16(15)20(3)4/h5-11,13H,1-4H3,(H,19,21)/t13-/m1/s1. The second kappa shape index (κ2) is 6.93. The number of nitrogens with zero attached hydrogens (tertiary/aromatic N) is 2. The van der Waals surface area contributed by atoms with Gasteiger partial charge in [0.05, 0.1) is 5.69 Å². The third kappa shape index (κ3) is 3.97. The SMILES string of the molecule is Cc1ccc(O[C@H](C)C(=O)Nc2cccnc2N(C)C)cc1. The molecule has 1 atom stereocenters. The lowest BCUT2D eigenvalue weighted by Gasteiger charge is -2.18. The van der Waals surface area contributed by atoms with Crippen LogP contribution in [-0.4, -0.2) is 31.1 Å². The van der Waals surface area contributed by atoms with Gasteiger partial charge in [-0.05, 0) is 38.1 Å².